The number of amides is 1. The van der Waals surface area contributed by atoms with Crippen LogP contribution in [0.15, 0.2) is 35.3 Å². The molecule has 0 spiro atoms. The van der Waals surface area contributed by atoms with Gasteiger partial charge < -0.3 is 9.88 Å². The molecule has 0 saturated heterocycles. The smallest absolute Gasteiger partial charge is 0.233 e. The number of thiophene rings is 1. The Balaban J connectivity index is 1.73. The van der Waals surface area contributed by atoms with Crippen LogP contribution in [0.25, 0.3) is 0 Å². The molecule has 0 unspecified atom stereocenters. The minimum atomic E-state index is -0.203. The number of nitrogens with one attached hydrogen (secondary N) is 1. The molecule has 3 rings (SSSR count). The van der Waals surface area contributed by atoms with Crippen LogP contribution in [0.3, 0.4) is 0 Å². The summed E-state index contributed by atoms with van der Waals surface area (Å²) in [4.78, 5) is 13.3. The minimum Gasteiger partial charge on any atom is -0.352 e. The van der Waals surface area contributed by atoms with Gasteiger partial charge in [-0.25, -0.2) is 0 Å². The number of carbonyl (C=O) groups excluding carboxylic acids is 1. The van der Waals surface area contributed by atoms with E-state index in [0.29, 0.717) is 12.6 Å². The predicted octanol–water partition coefficient (Wildman–Crippen LogP) is 3.05. The maximum atomic E-state index is 12.0. The topological polar surface area (TPSA) is 59.8 Å². The summed E-state index contributed by atoms with van der Waals surface area (Å²) in [5, 5.41) is 14.3. The Morgan fingerprint density at radius 3 is 3.09 bits per heavy atom. The first kappa shape index (κ1) is 16.3. The van der Waals surface area contributed by atoms with Crippen LogP contribution in [0.1, 0.15) is 36.5 Å². The van der Waals surface area contributed by atoms with E-state index in [1.165, 1.54) is 29.5 Å². The lowest BCUT2D eigenvalue weighted by Gasteiger charge is -2.12. The van der Waals surface area contributed by atoms with Crippen molar-refractivity contribution in [3.05, 3.63) is 40.9 Å². The highest BCUT2D eigenvalue weighted by atomic mass is 32.2. The van der Waals surface area contributed by atoms with Gasteiger partial charge in [-0.2, -0.15) is 0 Å². The molecule has 0 aliphatic heterocycles. The van der Waals surface area contributed by atoms with E-state index in [1.54, 1.807) is 17.4 Å². The van der Waals surface area contributed by atoms with Crippen molar-refractivity contribution in [3.8, 4) is 0 Å². The Kier molecular flexibility index (Phi) is 5.17. The van der Waals surface area contributed by atoms with E-state index in [0.717, 1.165) is 17.4 Å². The summed E-state index contributed by atoms with van der Waals surface area (Å²) >= 11 is 3.21. The molecular weight excluding hydrogens is 328 g/mol. The summed E-state index contributed by atoms with van der Waals surface area (Å²) in [6, 6.07) is 4.67. The van der Waals surface area contributed by atoms with Gasteiger partial charge in [0.25, 0.3) is 0 Å². The molecule has 5 nitrogen and oxygen atoms in total. The van der Waals surface area contributed by atoms with Crippen molar-refractivity contribution in [2.24, 2.45) is 0 Å². The first-order valence-corrected chi connectivity index (χ1v) is 9.46. The van der Waals surface area contributed by atoms with Crippen LogP contribution < -0.4 is 5.32 Å². The first-order valence-electron chi connectivity index (χ1n) is 7.70. The highest BCUT2D eigenvalue weighted by Crippen LogP contribution is 2.40. The molecule has 1 aliphatic carbocycles. The van der Waals surface area contributed by atoms with Gasteiger partial charge in [0, 0.05) is 23.9 Å². The SMILES string of the molecule is C=CCNC(=O)[C@@H](C)Sc1nnc(Cc2cccs2)n1C1CC1. The monoisotopic (exact) mass is 348 g/mol. The number of aromatic nitrogens is 3. The normalized spacial score (nSPS) is 15.3. The van der Waals surface area contributed by atoms with Crippen LogP contribution in [0.5, 0.6) is 0 Å². The molecule has 1 aliphatic rings. The summed E-state index contributed by atoms with van der Waals surface area (Å²) in [6.07, 6.45) is 4.82. The fraction of sp³-hybridized carbons (Fsp3) is 0.438. The lowest BCUT2D eigenvalue weighted by molar-refractivity contribution is -0.120. The van der Waals surface area contributed by atoms with Crippen molar-refractivity contribution in [3.63, 3.8) is 0 Å². The predicted molar refractivity (Wildman–Crippen MR) is 93.9 cm³/mol. The Morgan fingerprint density at radius 2 is 2.43 bits per heavy atom. The van der Waals surface area contributed by atoms with E-state index < -0.39 is 0 Å². The van der Waals surface area contributed by atoms with Gasteiger partial charge in [0.15, 0.2) is 5.16 Å². The molecule has 0 aromatic carbocycles. The van der Waals surface area contributed by atoms with E-state index in [4.69, 9.17) is 0 Å². The van der Waals surface area contributed by atoms with Gasteiger partial charge in [-0.1, -0.05) is 23.9 Å². The van der Waals surface area contributed by atoms with E-state index in [2.05, 4.69) is 44.2 Å². The van der Waals surface area contributed by atoms with Crippen LogP contribution in [-0.4, -0.2) is 32.5 Å². The summed E-state index contributed by atoms with van der Waals surface area (Å²) in [7, 11) is 0. The fourth-order valence-corrected chi connectivity index (χ4v) is 3.97. The standard InChI is InChI=1S/C16H20N4OS2/c1-3-8-17-15(21)11(2)23-16-19-18-14(20(16)12-6-7-12)10-13-5-4-9-22-13/h3-5,9,11-12H,1,6-8,10H2,2H3,(H,17,21)/t11-/m1/s1. The van der Waals surface area contributed by atoms with Crippen LogP contribution in [0.4, 0.5) is 0 Å². The van der Waals surface area contributed by atoms with Gasteiger partial charge in [-0.3, -0.25) is 4.79 Å². The van der Waals surface area contributed by atoms with Crippen molar-refractivity contribution in [1.82, 2.24) is 20.1 Å². The van der Waals surface area contributed by atoms with E-state index in [-0.39, 0.29) is 11.2 Å². The van der Waals surface area contributed by atoms with Gasteiger partial charge in [0.05, 0.1) is 5.25 Å². The first-order chi connectivity index (χ1) is 11.2. The zero-order valence-electron chi connectivity index (χ0n) is 13.1. The lowest BCUT2D eigenvalue weighted by atomic mass is 10.3. The number of nitrogens with zero attached hydrogens (tertiary/aromatic N) is 3. The average molecular weight is 348 g/mol. The van der Waals surface area contributed by atoms with Crippen molar-refractivity contribution < 1.29 is 4.79 Å². The zero-order valence-corrected chi connectivity index (χ0v) is 14.7. The van der Waals surface area contributed by atoms with E-state index in [9.17, 15) is 4.79 Å². The molecule has 1 amide bonds. The van der Waals surface area contributed by atoms with Crippen molar-refractivity contribution >= 4 is 29.0 Å². The molecule has 1 fully saturated rings. The lowest BCUT2D eigenvalue weighted by Crippen LogP contribution is -2.31. The molecule has 0 radical (unpaired) electrons. The highest BCUT2D eigenvalue weighted by Gasteiger charge is 2.31. The maximum Gasteiger partial charge on any atom is 0.233 e. The third kappa shape index (κ3) is 4.03. The second kappa shape index (κ2) is 7.31. The largest absolute Gasteiger partial charge is 0.352 e. The van der Waals surface area contributed by atoms with Crippen LogP contribution in [0.2, 0.25) is 0 Å². The third-order valence-corrected chi connectivity index (χ3v) is 5.56. The summed E-state index contributed by atoms with van der Waals surface area (Å²) < 4.78 is 2.22. The van der Waals surface area contributed by atoms with Crippen molar-refractivity contribution in [2.75, 3.05) is 6.54 Å². The van der Waals surface area contributed by atoms with Crippen molar-refractivity contribution in [2.45, 2.75) is 42.6 Å². The number of hydrogen-bond donors (Lipinski definition) is 1. The summed E-state index contributed by atoms with van der Waals surface area (Å²) in [5.41, 5.74) is 0. The van der Waals surface area contributed by atoms with Crippen LogP contribution in [-0.2, 0) is 11.2 Å². The number of hydrogen-bond acceptors (Lipinski definition) is 5. The molecule has 2 aromatic heterocycles. The van der Waals surface area contributed by atoms with Gasteiger partial charge in [-0.15, -0.1) is 28.1 Å². The summed E-state index contributed by atoms with van der Waals surface area (Å²) in [6.45, 7) is 6.00. The molecule has 0 bridgehead atoms. The number of carbonyl (C=O) groups is 1. The minimum absolute atomic E-state index is 0.0000498. The molecule has 122 valence electrons. The van der Waals surface area contributed by atoms with Crippen molar-refractivity contribution in [1.29, 1.82) is 0 Å². The molecule has 23 heavy (non-hydrogen) atoms. The molecule has 7 heteroatoms. The summed E-state index contributed by atoms with van der Waals surface area (Å²) in [5.74, 6) is 0.996. The van der Waals surface area contributed by atoms with E-state index >= 15 is 0 Å². The second-order valence-electron chi connectivity index (χ2n) is 5.55. The highest BCUT2D eigenvalue weighted by molar-refractivity contribution is 8.00. The van der Waals surface area contributed by atoms with Crippen LogP contribution >= 0.6 is 23.1 Å². The molecule has 1 saturated carbocycles. The van der Waals surface area contributed by atoms with Gasteiger partial charge >= 0.3 is 0 Å². The third-order valence-electron chi connectivity index (χ3n) is 3.63. The quantitative estimate of drug-likeness (QED) is 0.588. The van der Waals surface area contributed by atoms with Gasteiger partial charge in [-0.05, 0) is 31.2 Å². The molecule has 2 heterocycles. The fourth-order valence-electron chi connectivity index (χ4n) is 2.30. The average Bonchev–Trinajstić information content (AvgIpc) is 3.10. The number of rotatable bonds is 8. The zero-order chi connectivity index (χ0) is 16.2. The molecular formula is C16H20N4OS2. The Bertz CT molecular complexity index is 676. The van der Waals surface area contributed by atoms with Crippen LogP contribution in [0, 0.1) is 0 Å². The number of thioether (sulfide) groups is 1. The Hall–Kier alpha value is -1.60. The molecule has 1 atom stereocenters. The second-order valence-corrected chi connectivity index (χ2v) is 7.89. The van der Waals surface area contributed by atoms with Gasteiger partial charge in [0.2, 0.25) is 5.91 Å². The maximum absolute atomic E-state index is 12.0. The van der Waals surface area contributed by atoms with E-state index in [1.807, 2.05) is 6.92 Å². The Labute approximate surface area is 144 Å². The molecule has 1 N–H and O–H groups in total. The van der Waals surface area contributed by atoms with Gasteiger partial charge in [0.1, 0.15) is 5.82 Å². The Morgan fingerprint density at radius 1 is 1.61 bits per heavy atom. The molecule has 2 aromatic rings.